The molecule has 1 aromatic rings. The third-order valence-corrected chi connectivity index (χ3v) is 11.8. The normalized spacial score (nSPS) is 27.7. The summed E-state index contributed by atoms with van der Waals surface area (Å²) in [5, 5.41) is 11.1. The van der Waals surface area contributed by atoms with E-state index in [4.69, 9.17) is 10.8 Å². The number of aliphatic hydroxyl groups excluding tert-OH is 1. The van der Waals surface area contributed by atoms with Crippen LogP contribution in [-0.4, -0.2) is 53.1 Å². The molecule has 0 aliphatic heterocycles. The Morgan fingerprint density at radius 3 is 2.38 bits per heavy atom. The van der Waals surface area contributed by atoms with Gasteiger partial charge in [0, 0.05) is 37.5 Å². The highest BCUT2D eigenvalue weighted by molar-refractivity contribution is 8.56. The number of rotatable bonds is 8. The third kappa shape index (κ3) is 8.14. The topological polar surface area (TPSA) is 95.7 Å². The van der Waals surface area contributed by atoms with Gasteiger partial charge < -0.3 is 16.2 Å². The molecule has 2 aliphatic rings. The van der Waals surface area contributed by atoms with E-state index in [1.54, 1.807) is 17.6 Å². The van der Waals surface area contributed by atoms with Crippen LogP contribution >= 0.6 is 18.7 Å². The Morgan fingerprint density at radius 2 is 1.84 bits per heavy atom. The number of likely N-dealkylation sites (N-methyl/N-ethyl adjacent to an activating group) is 1. The van der Waals surface area contributed by atoms with E-state index >= 15 is 0 Å². The van der Waals surface area contributed by atoms with Gasteiger partial charge in [-0.2, -0.15) is 0 Å². The summed E-state index contributed by atoms with van der Waals surface area (Å²) in [6, 6.07) is 6.91. The number of nitrogens with zero attached hydrogens (tertiary/aromatic N) is 1. The summed E-state index contributed by atoms with van der Waals surface area (Å²) in [7, 11) is 0.148. The van der Waals surface area contributed by atoms with Crippen molar-refractivity contribution in [3.8, 4) is 0 Å². The van der Waals surface area contributed by atoms with Crippen molar-refractivity contribution in [1.29, 1.82) is 0 Å². The van der Waals surface area contributed by atoms with Crippen LogP contribution in [0.1, 0.15) is 74.1 Å². The summed E-state index contributed by atoms with van der Waals surface area (Å²) in [5.74, 6) is 0.664. The van der Waals surface area contributed by atoms with Crippen molar-refractivity contribution in [1.82, 2.24) is 9.62 Å². The fourth-order valence-electron chi connectivity index (χ4n) is 5.84. The molecule has 6 nitrogen and oxygen atoms in total. The maximum Gasteiger partial charge on any atom is 0.241 e. The Bertz CT molecular complexity index is 888. The monoisotopic (exact) mass is 557 g/mol. The van der Waals surface area contributed by atoms with Gasteiger partial charge in [-0.05, 0) is 81.6 Å². The number of carbonyl (C=O) groups excluding carboxylic acids is 2. The largest absolute Gasteiger partial charge is 0.400 e. The van der Waals surface area contributed by atoms with Gasteiger partial charge in [-0.1, -0.05) is 52.8 Å². The van der Waals surface area contributed by atoms with E-state index in [0.717, 1.165) is 32.8 Å². The number of fused-ring (bicyclic) bond motifs is 2. The van der Waals surface area contributed by atoms with Gasteiger partial charge in [0.05, 0.1) is 0 Å². The van der Waals surface area contributed by atoms with Gasteiger partial charge in [0.15, 0.2) is 0 Å². The number of nitrogens with two attached hydrogens (primary N) is 1. The zero-order valence-corrected chi connectivity index (χ0v) is 25.9. The van der Waals surface area contributed by atoms with Gasteiger partial charge >= 0.3 is 0 Å². The van der Waals surface area contributed by atoms with Gasteiger partial charge in [0.25, 0.3) is 0 Å². The van der Waals surface area contributed by atoms with Crippen molar-refractivity contribution in [3.63, 3.8) is 0 Å². The lowest BCUT2D eigenvalue weighted by molar-refractivity contribution is -0.135. The molecular weight excluding hydrogens is 508 g/mol. The van der Waals surface area contributed by atoms with Gasteiger partial charge in [0.1, 0.15) is 11.4 Å². The molecule has 0 saturated heterocycles. The predicted octanol–water partition coefficient (Wildman–Crippen LogP) is 5.29. The maximum absolute atomic E-state index is 14.3. The third-order valence-electron chi connectivity index (χ3n) is 7.69. The molecule has 3 rings (SSSR count). The minimum atomic E-state index is -0.852. The second kappa shape index (κ2) is 14.8. The van der Waals surface area contributed by atoms with Crippen molar-refractivity contribution < 1.29 is 19.1 Å². The van der Waals surface area contributed by atoms with Gasteiger partial charge in [-0.25, -0.2) is 8.70 Å². The molecule has 2 amide bonds. The van der Waals surface area contributed by atoms with Crippen molar-refractivity contribution in [3.05, 3.63) is 30.1 Å². The average molecular weight is 558 g/mol. The van der Waals surface area contributed by atoms with Crippen molar-refractivity contribution >= 4 is 35.8 Å². The highest BCUT2D eigenvalue weighted by Crippen LogP contribution is 2.51. The highest BCUT2D eigenvalue weighted by atomic mass is 32.7. The summed E-state index contributed by atoms with van der Waals surface area (Å²) < 4.78 is 16.4. The maximum atomic E-state index is 14.3. The fourth-order valence-corrected chi connectivity index (χ4v) is 9.85. The minimum Gasteiger partial charge on any atom is -0.400 e. The summed E-state index contributed by atoms with van der Waals surface area (Å²) in [5.41, 5.74) is 4.50. The van der Waals surface area contributed by atoms with Crippen LogP contribution in [0.15, 0.2) is 24.3 Å². The molecule has 212 valence electrons. The molecular formula is C28H49FN3O3PS. The van der Waals surface area contributed by atoms with E-state index in [0.29, 0.717) is 23.7 Å². The number of halogens is 1. The van der Waals surface area contributed by atoms with Gasteiger partial charge in [-0.15, -0.1) is 0 Å². The number of carbonyl (C=O) groups is 2. The van der Waals surface area contributed by atoms with Crippen molar-refractivity contribution in [2.24, 2.45) is 28.9 Å². The van der Waals surface area contributed by atoms with Crippen LogP contribution in [0.4, 0.5) is 4.39 Å². The number of primary amides is 1. The van der Waals surface area contributed by atoms with E-state index in [1.807, 2.05) is 60.3 Å². The lowest BCUT2D eigenvalue weighted by Crippen LogP contribution is -2.60. The number of amides is 2. The van der Waals surface area contributed by atoms with Crippen LogP contribution in [-0.2, 0) is 9.59 Å². The fraction of sp³-hybridized carbons (Fsp3) is 0.714. The Balaban J connectivity index is 0.00000163. The molecule has 4 N–H and O–H groups in total. The van der Waals surface area contributed by atoms with Gasteiger partial charge in [0.2, 0.25) is 11.8 Å². The Kier molecular flexibility index (Phi) is 13.5. The lowest BCUT2D eigenvalue weighted by atomic mass is 9.57. The molecule has 2 bridgehead atoms. The first kappa shape index (κ1) is 33.8. The van der Waals surface area contributed by atoms with E-state index in [2.05, 4.69) is 16.5 Å². The number of hydrogen-bond acceptors (Lipinski definition) is 5. The first-order valence-corrected chi connectivity index (χ1v) is 16.6. The Morgan fingerprint density at radius 1 is 1.24 bits per heavy atom. The molecule has 37 heavy (non-hydrogen) atoms. The molecule has 9 heteroatoms. The molecule has 6 unspecified atom stereocenters. The second-order valence-corrected chi connectivity index (χ2v) is 14.9. The SMILES string of the molecule is CC.CCN(SP(C)c1ccccc1F)C(C)(C)C(=O)NC1C(C)CC2CC1CC(C)(C(N)=O)C2.CO. The van der Waals surface area contributed by atoms with Gasteiger partial charge in [-0.3, -0.25) is 9.59 Å². The zero-order valence-electron chi connectivity index (χ0n) is 24.2. The summed E-state index contributed by atoms with van der Waals surface area (Å²) >= 11 is 1.57. The first-order chi connectivity index (χ1) is 17.4. The van der Waals surface area contributed by atoms with Crippen LogP contribution in [0.2, 0.25) is 0 Å². The molecule has 2 saturated carbocycles. The standard InChI is InChI=1S/C25H39FN3O2PS.C2H6.CH4O/c1-7-29(33-32(6)20-11-9-8-10-19(20)26)24(3,4)23(31)28-21-16(2)12-17-13-18(21)15-25(5,14-17)22(27)30;2*1-2/h8-11,16-18,21H,7,12-15H2,1-6H3,(H2,27,30)(H,28,31);1-2H3;2H,1H3. The van der Waals surface area contributed by atoms with Crippen LogP contribution in [0.5, 0.6) is 0 Å². The molecule has 2 aliphatic carbocycles. The van der Waals surface area contributed by atoms with Crippen LogP contribution < -0.4 is 16.4 Å². The smallest absolute Gasteiger partial charge is 0.241 e. The molecule has 0 spiro atoms. The van der Waals surface area contributed by atoms with E-state index in [1.165, 1.54) is 6.07 Å². The van der Waals surface area contributed by atoms with E-state index in [9.17, 15) is 14.0 Å². The molecule has 6 atom stereocenters. The minimum absolute atomic E-state index is 0.0181. The van der Waals surface area contributed by atoms with Crippen LogP contribution in [0.25, 0.3) is 0 Å². The van der Waals surface area contributed by atoms with E-state index < -0.39 is 18.1 Å². The lowest BCUT2D eigenvalue weighted by Gasteiger charge is -2.50. The molecule has 1 aromatic carbocycles. The Hall–Kier alpha value is -1.21. The summed E-state index contributed by atoms with van der Waals surface area (Å²) in [6.45, 7) is 16.8. The highest BCUT2D eigenvalue weighted by Gasteiger charge is 2.49. The quantitative estimate of drug-likeness (QED) is 0.298. The predicted molar refractivity (Wildman–Crippen MR) is 156 cm³/mol. The Labute approximate surface area is 229 Å². The number of benzene rings is 1. The molecule has 0 radical (unpaired) electrons. The second-order valence-electron chi connectivity index (χ2n) is 10.7. The number of aliphatic hydroxyl groups is 1. The first-order valence-electron chi connectivity index (χ1n) is 13.4. The van der Waals surface area contributed by atoms with Crippen LogP contribution in [0, 0.1) is 29.0 Å². The van der Waals surface area contributed by atoms with Crippen LogP contribution in [0.3, 0.4) is 0 Å². The average Bonchev–Trinajstić information content (AvgIpc) is 2.86. The summed E-state index contributed by atoms with van der Waals surface area (Å²) in [4.78, 5) is 25.7. The van der Waals surface area contributed by atoms with E-state index in [-0.39, 0.29) is 29.6 Å². The zero-order chi connectivity index (χ0) is 28.6. The van der Waals surface area contributed by atoms with Crippen molar-refractivity contribution in [2.75, 3.05) is 20.3 Å². The number of hydrogen-bond donors (Lipinski definition) is 3. The molecule has 0 aromatic heterocycles. The molecule has 0 heterocycles. The summed E-state index contributed by atoms with van der Waals surface area (Å²) in [6.07, 6.45) is 3.63. The van der Waals surface area contributed by atoms with Crippen molar-refractivity contribution in [2.45, 2.75) is 85.7 Å². The molecule has 2 fully saturated rings. The number of nitrogens with one attached hydrogen (secondary N) is 1.